The molecular formula is C21H23N5O3S. The number of rotatable bonds is 9. The normalized spacial score (nSPS) is 10.5. The summed E-state index contributed by atoms with van der Waals surface area (Å²) in [5, 5.41) is 14.4. The fourth-order valence-corrected chi connectivity index (χ4v) is 3.35. The Kier molecular flexibility index (Phi) is 7.45. The van der Waals surface area contributed by atoms with E-state index in [1.165, 1.54) is 11.8 Å². The molecule has 0 fully saturated rings. The lowest BCUT2D eigenvalue weighted by atomic mass is 10.3. The van der Waals surface area contributed by atoms with Crippen LogP contribution in [0.3, 0.4) is 0 Å². The molecule has 0 spiro atoms. The van der Waals surface area contributed by atoms with E-state index in [0.717, 1.165) is 11.4 Å². The number of hydrogen-bond acceptors (Lipinski definition) is 6. The monoisotopic (exact) mass is 425 g/mol. The number of carbonyl (C=O) groups excluding carboxylic acids is 2. The molecule has 1 heterocycles. The summed E-state index contributed by atoms with van der Waals surface area (Å²) < 4.78 is 7.11. The first-order valence-corrected chi connectivity index (χ1v) is 10.4. The summed E-state index contributed by atoms with van der Waals surface area (Å²) in [5.41, 5.74) is 1.42. The average Bonchev–Trinajstić information content (AvgIpc) is 3.08. The zero-order chi connectivity index (χ0) is 21.3. The predicted molar refractivity (Wildman–Crippen MR) is 117 cm³/mol. The molecule has 2 amide bonds. The standard InChI is InChI=1S/C21H23N5O3S/c1-3-29-17-11-9-16(10-12-17)23-20(28)14-30-21-25-24-18(26(21)2)13-19(27)22-15-7-5-4-6-8-15/h4-12H,3,13-14H2,1-2H3,(H,22,27)(H,23,28). The number of nitrogens with zero attached hydrogens (tertiary/aromatic N) is 3. The molecule has 0 bridgehead atoms. The van der Waals surface area contributed by atoms with Crippen LogP contribution >= 0.6 is 11.8 Å². The van der Waals surface area contributed by atoms with Gasteiger partial charge in [0.05, 0.1) is 18.8 Å². The molecule has 0 aliphatic rings. The minimum absolute atomic E-state index is 0.0946. The number of amides is 2. The van der Waals surface area contributed by atoms with Crippen LogP contribution in [0.2, 0.25) is 0 Å². The van der Waals surface area contributed by atoms with Crippen molar-refractivity contribution in [1.29, 1.82) is 0 Å². The molecule has 1 aromatic heterocycles. The molecule has 156 valence electrons. The van der Waals surface area contributed by atoms with Gasteiger partial charge in [0.25, 0.3) is 0 Å². The maximum absolute atomic E-state index is 12.2. The Hall–Kier alpha value is -3.33. The number of hydrogen-bond donors (Lipinski definition) is 2. The molecule has 0 aliphatic carbocycles. The van der Waals surface area contributed by atoms with Gasteiger partial charge in [0.15, 0.2) is 5.16 Å². The SMILES string of the molecule is CCOc1ccc(NC(=O)CSc2nnc(CC(=O)Nc3ccccc3)n2C)cc1. The number of aromatic nitrogens is 3. The van der Waals surface area contributed by atoms with Crippen molar-refractivity contribution in [2.75, 3.05) is 23.0 Å². The summed E-state index contributed by atoms with van der Waals surface area (Å²) >= 11 is 1.26. The number of carbonyl (C=O) groups is 2. The zero-order valence-corrected chi connectivity index (χ0v) is 17.6. The molecule has 3 rings (SSSR count). The van der Waals surface area contributed by atoms with E-state index in [9.17, 15) is 9.59 Å². The van der Waals surface area contributed by atoms with Crippen molar-refractivity contribution in [3.63, 3.8) is 0 Å². The highest BCUT2D eigenvalue weighted by Crippen LogP contribution is 2.19. The molecular weight excluding hydrogens is 402 g/mol. The lowest BCUT2D eigenvalue weighted by Gasteiger charge is -2.07. The molecule has 0 saturated carbocycles. The van der Waals surface area contributed by atoms with Crippen LogP contribution < -0.4 is 15.4 Å². The fraction of sp³-hybridized carbons (Fsp3) is 0.238. The van der Waals surface area contributed by atoms with Gasteiger partial charge in [-0.05, 0) is 43.3 Å². The van der Waals surface area contributed by atoms with Gasteiger partial charge in [-0.1, -0.05) is 30.0 Å². The first-order chi connectivity index (χ1) is 14.5. The van der Waals surface area contributed by atoms with Gasteiger partial charge < -0.3 is 19.9 Å². The van der Waals surface area contributed by atoms with Crippen molar-refractivity contribution in [2.24, 2.45) is 7.05 Å². The van der Waals surface area contributed by atoms with Crippen LogP contribution in [0.1, 0.15) is 12.7 Å². The van der Waals surface area contributed by atoms with Crippen molar-refractivity contribution in [3.05, 3.63) is 60.4 Å². The van der Waals surface area contributed by atoms with E-state index < -0.39 is 0 Å². The van der Waals surface area contributed by atoms with Crippen molar-refractivity contribution in [3.8, 4) is 5.75 Å². The minimum Gasteiger partial charge on any atom is -0.494 e. The minimum atomic E-state index is -0.179. The van der Waals surface area contributed by atoms with E-state index in [1.807, 2.05) is 49.4 Å². The maximum atomic E-state index is 12.2. The summed E-state index contributed by atoms with van der Waals surface area (Å²) in [6.07, 6.45) is 0.0946. The van der Waals surface area contributed by atoms with Gasteiger partial charge in [0.1, 0.15) is 11.6 Å². The third-order valence-electron chi connectivity index (χ3n) is 4.08. The average molecular weight is 426 g/mol. The molecule has 0 radical (unpaired) electrons. The third kappa shape index (κ3) is 6.08. The van der Waals surface area contributed by atoms with Gasteiger partial charge in [-0.15, -0.1) is 10.2 Å². The number of benzene rings is 2. The van der Waals surface area contributed by atoms with E-state index in [4.69, 9.17) is 4.74 Å². The summed E-state index contributed by atoms with van der Waals surface area (Å²) in [5.74, 6) is 1.12. The number of thioether (sulfide) groups is 1. The van der Waals surface area contributed by atoms with Crippen molar-refractivity contribution < 1.29 is 14.3 Å². The highest BCUT2D eigenvalue weighted by atomic mass is 32.2. The molecule has 0 unspecified atom stereocenters. The van der Waals surface area contributed by atoms with Crippen LogP contribution in [0.15, 0.2) is 59.8 Å². The largest absolute Gasteiger partial charge is 0.494 e. The van der Waals surface area contributed by atoms with Gasteiger partial charge in [0, 0.05) is 18.4 Å². The van der Waals surface area contributed by atoms with Gasteiger partial charge in [0.2, 0.25) is 11.8 Å². The molecule has 9 heteroatoms. The van der Waals surface area contributed by atoms with E-state index in [0.29, 0.717) is 23.3 Å². The molecule has 0 aliphatic heterocycles. The smallest absolute Gasteiger partial charge is 0.234 e. The lowest BCUT2D eigenvalue weighted by molar-refractivity contribution is -0.116. The fourth-order valence-electron chi connectivity index (χ4n) is 2.62. The van der Waals surface area contributed by atoms with Crippen LogP contribution in [-0.4, -0.2) is 38.9 Å². The van der Waals surface area contributed by atoms with Gasteiger partial charge >= 0.3 is 0 Å². The van der Waals surface area contributed by atoms with Crippen LogP contribution in [0, 0.1) is 0 Å². The Morgan fingerprint density at radius 1 is 0.967 bits per heavy atom. The van der Waals surface area contributed by atoms with Gasteiger partial charge in [-0.3, -0.25) is 9.59 Å². The van der Waals surface area contributed by atoms with E-state index in [-0.39, 0.29) is 24.0 Å². The third-order valence-corrected chi connectivity index (χ3v) is 5.10. The topological polar surface area (TPSA) is 98.1 Å². The second-order valence-corrected chi connectivity index (χ2v) is 7.29. The second-order valence-electron chi connectivity index (χ2n) is 6.34. The summed E-state index contributed by atoms with van der Waals surface area (Å²) in [4.78, 5) is 24.4. The molecule has 2 N–H and O–H groups in total. The molecule has 8 nitrogen and oxygen atoms in total. The van der Waals surface area contributed by atoms with Crippen molar-refractivity contribution in [1.82, 2.24) is 14.8 Å². The van der Waals surface area contributed by atoms with E-state index >= 15 is 0 Å². The lowest BCUT2D eigenvalue weighted by Crippen LogP contribution is -2.17. The number of nitrogens with one attached hydrogen (secondary N) is 2. The quantitative estimate of drug-likeness (QED) is 0.511. The Balaban J connectivity index is 1.49. The predicted octanol–water partition coefficient (Wildman–Crippen LogP) is 3.13. The van der Waals surface area contributed by atoms with Crippen molar-refractivity contribution >= 4 is 35.0 Å². The maximum Gasteiger partial charge on any atom is 0.234 e. The first-order valence-electron chi connectivity index (χ1n) is 9.44. The summed E-state index contributed by atoms with van der Waals surface area (Å²) in [7, 11) is 1.78. The second kappa shape index (κ2) is 10.4. The van der Waals surface area contributed by atoms with Crippen LogP contribution in [0.4, 0.5) is 11.4 Å². The molecule has 0 atom stereocenters. The van der Waals surface area contributed by atoms with E-state index in [2.05, 4.69) is 20.8 Å². The number of para-hydroxylation sites is 1. The molecule has 0 saturated heterocycles. The highest BCUT2D eigenvalue weighted by molar-refractivity contribution is 7.99. The van der Waals surface area contributed by atoms with E-state index in [1.54, 1.807) is 23.7 Å². The van der Waals surface area contributed by atoms with Crippen molar-refractivity contribution in [2.45, 2.75) is 18.5 Å². The molecule has 30 heavy (non-hydrogen) atoms. The first kappa shape index (κ1) is 21.4. The highest BCUT2D eigenvalue weighted by Gasteiger charge is 2.14. The Morgan fingerprint density at radius 2 is 1.63 bits per heavy atom. The Bertz CT molecular complexity index is 990. The summed E-state index contributed by atoms with van der Waals surface area (Å²) in [6.45, 7) is 2.51. The zero-order valence-electron chi connectivity index (χ0n) is 16.8. The molecule has 3 aromatic rings. The van der Waals surface area contributed by atoms with Gasteiger partial charge in [-0.25, -0.2) is 0 Å². The number of ether oxygens (including phenoxy) is 1. The number of anilines is 2. The van der Waals surface area contributed by atoms with Crippen LogP contribution in [0.5, 0.6) is 5.75 Å². The summed E-state index contributed by atoms with van der Waals surface area (Å²) in [6, 6.07) is 16.4. The Labute approximate surface area is 179 Å². The Morgan fingerprint density at radius 3 is 2.33 bits per heavy atom. The van der Waals surface area contributed by atoms with Crippen LogP contribution in [0.25, 0.3) is 0 Å². The molecule has 2 aromatic carbocycles. The van der Waals surface area contributed by atoms with Gasteiger partial charge in [-0.2, -0.15) is 0 Å². The van der Waals surface area contributed by atoms with Crippen LogP contribution in [-0.2, 0) is 23.1 Å².